The van der Waals surface area contributed by atoms with Gasteiger partial charge < -0.3 is 10.8 Å². The van der Waals surface area contributed by atoms with Gasteiger partial charge in [0.25, 0.3) is 0 Å². The van der Waals surface area contributed by atoms with Gasteiger partial charge in [0.2, 0.25) is 0 Å². The van der Waals surface area contributed by atoms with Gasteiger partial charge in [-0.15, -0.1) is 11.3 Å². The van der Waals surface area contributed by atoms with E-state index in [4.69, 9.17) is 5.73 Å². The van der Waals surface area contributed by atoms with Gasteiger partial charge in [-0.1, -0.05) is 25.8 Å². The zero-order chi connectivity index (χ0) is 13.7. The van der Waals surface area contributed by atoms with Gasteiger partial charge in [-0.2, -0.15) is 0 Å². The van der Waals surface area contributed by atoms with Crippen molar-refractivity contribution in [2.75, 3.05) is 13.2 Å². The molecule has 1 aromatic rings. The summed E-state index contributed by atoms with van der Waals surface area (Å²) in [6.45, 7) is 3.46. The molecule has 1 saturated heterocycles. The second kappa shape index (κ2) is 7.39. The molecule has 1 aliphatic heterocycles. The highest BCUT2D eigenvalue weighted by atomic mass is 32.1. The number of hydrogen-bond donors (Lipinski definition) is 2. The first-order valence-electron chi connectivity index (χ1n) is 7.43. The highest BCUT2D eigenvalue weighted by Crippen LogP contribution is 2.33. The van der Waals surface area contributed by atoms with Crippen molar-refractivity contribution >= 4 is 11.3 Å². The van der Waals surface area contributed by atoms with Gasteiger partial charge in [-0.25, -0.2) is 0 Å². The summed E-state index contributed by atoms with van der Waals surface area (Å²) >= 11 is 1.78. The Morgan fingerprint density at radius 1 is 1.47 bits per heavy atom. The van der Waals surface area contributed by atoms with E-state index < -0.39 is 0 Å². The van der Waals surface area contributed by atoms with E-state index in [2.05, 4.69) is 29.3 Å². The molecule has 3 unspecified atom stereocenters. The van der Waals surface area contributed by atoms with E-state index in [0.29, 0.717) is 0 Å². The van der Waals surface area contributed by atoms with Crippen LogP contribution in [-0.4, -0.2) is 35.2 Å². The molecular weight excluding hydrogens is 256 g/mol. The third-order valence-electron chi connectivity index (χ3n) is 4.20. The van der Waals surface area contributed by atoms with Crippen molar-refractivity contribution in [2.24, 2.45) is 5.73 Å². The fraction of sp³-hybridized carbons (Fsp3) is 0.733. The van der Waals surface area contributed by atoms with E-state index in [0.717, 1.165) is 19.4 Å². The molecule has 0 spiro atoms. The first kappa shape index (κ1) is 15.0. The molecule has 3 atom stereocenters. The van der Waals surface area contributed by atoms with Crippen molar-refractivity contribution in [3.8, 4) is 0 Å². The molecule has 19 heavy (non-hydrogen) atoms. The highest BCUT2D eigenvalue weighted by molar-refractivity contribution is 7.10. The Kier molecular flexibility index (Phi) is 5.82. The number of hydrogen-bond acceptors (Lipinski definition) is 4. The third-order valence-corrected chi connectivity index (χ3v) is 5.15. The van der Waals surface area contributed by atoms with E-state index in [-0.39, 0.29) is 24.7 Å². The minimum Gasteiger partial charge on any atom is -0.395 e. The number of nitrogens with zero attached hydrogens (tertiary/aromatic N) is 1. The molecule has 3 N–H and O–H groups in total. The largest absolute Gasteiger partial charge is 0.395 e. The molecule has 0 saturated carbocycles. The molecule has 1 fully saturated rings. The van der Waals surface area contributed by atoms with Gasteiger partial charge in [0.15, 0.2) is 0 Å². The van der Waals surface area contributed by atoms with Crippen LogP contribution in [0.2, 0.25) is 0 Å². The average Bonchev–Trinajstić information content (AvgIpc) is 2.85. The SMILES string of the molecule is CCC(N)C(c1cccs1)N1CCCCCC1CO. The Morgan fingerprint density at radius 3 is 2.95 bits per heavy atom. The summed E-state index contributed by atoms with van der Waals surface area (Å²) in [6.07, 6.45) is 5.77. The Morgan fingerprint density at radius 2 is 2.32 bits per heavy atom. The predicted molar refractivity (Wildman–Crippen MR) is 81.4 cm³/mol. The van der Waals surface area contributed by atoms with Crippen molar-refractivity contribution < 1.29 is 5.11 Å². The van der Waals surface area contributed by atoms with Crippen LogP contribution in [0.3, 0.4) is 0 Å². The number of rotatable bonds is 5. The van der Waals surface area contributed by atoms with E-state index >= 15 is 0 Å². The fourth-order valence-electron chi connectivity index (χ4n) is 3.07. The molecule has 0 aromatic carbocycles. The molecule has 4 heteroatoms. The molecule has 2 rings (SSSR count). The average molecular weight is 282 g/mol. The molecule has 0 radical (unpaired) electrons. The fourth-order valence-corrected chi connectivity index (χ4v) is 3.99. The number of aliphatic hydroxyl groups is 1. The summed E-state index contributed by atoms with van der Waals surface area (Å²) in [6, 6.07) is 4.96. The zero-order valence-corrected chi connectivity index (χ0v) is 12.6. The van der Waals surface area contributed by atoms with E-state index in [1.807, 2.05) is 0 Å². The molecule has 0 bridgehead atoms. The van der Waals surface area contributed by atoms with Gasteiger partial charge in [0.1, 0.15) is 0 Å². The highest BCUT2D eigenvalue weighted by Gasteiger charge is 2.32. The molecular formula is C15H26N2OS. The predicted octanol–water partition coefficient (Wildman–Crippen LogP) is 2.76. The standard InChI is InChI=1S/C15H26N2OS/c1-2-13(16)15(14-8-6-10-19-14)17-9-5-3-4-7-12(17)11-18/h6,8,10,12-13,15,18H,2-5,7,9,11,16H2,1H3. The third kappa shape index (κ3) is 3.57. The monoisotopic (exact) mass is 282 g/mol. The first-order valence-corrected chi connectivity index (χ1v) is 8.31. The summed E-state index contributed by atoms with van der Waals surface area (Å²) in [4.78, 5) is 3.81. The van der Waals surface area contributed by atoms with Crippen LogP contribution in [0.5, 0.6) is 0 Å². The van der Waals surface area contributed by atoms with E-state index in [9.17, 15) is 5.11 Å². The van der Waals surface area contributed by atoms with Crippen LogP contribution in [0, 0.1) is 0 Å². The van der Waals surface area contributed by atoms with Crippen LogP contribution in [0.15, 0.2) is 17.5 Å². The first-order chi connectivity index (χ1) is 9.27. The number of thiophene rings is 1. The minimum absolute atomic E-state index is 0.144. The van der Waals surface area contributed by atoms with Crippen LogP contribution < -0.4 is 5.73 Å². The Labute approximate surface area is 120 Å². The maximum atomic E-state index is 9.71. The molecule has 0 amide bonds. The van der Waals surface area contributed by atoms with Crippen molar-refractivity contribution in [3.63, 3.8) is 0 Å². The lowest BCUT2D eigenvalue weighted by atomic mass is 10.00. The zero-order valence-electron chi connectivity index (χ0n) is 11.8. The van der Waals surface area contributed by atoms with E-state index in [1.165, 1.54) is 24.1 Å². The lowest BCUT2D eigenvalue weighted by Gasteiger charge is -2.38. The smallest absolute Gasteiger partial charge is 0.0596 e. The topological polar surface area (TPSA) is 49.5 Å². The summed E-state index contributed by atoms with van der Waals surface area (Å²) < 4.78 is 0. The lowest BCUT2D eigenvalue weighted by Crippen LogP contribution is -2.47. The summed E-state index contributed by atoms with van der Waals surface area (Å²) in [5.74, 6) is 0. The molecule has 1 aliphatic rings. The van der Waals surface area contributed by atoms with Crippen molar-refractivity contribution in [1.82, 2.24) is 4.90 Å². The summed E-state index contributed by atoms with van der Waals surface area (Å²) in [5, 5.41) is 11.8. The second-order valence-electron chi connectivity index (χ2n) is 5.46. The number of aliphatic hydroxyl groups excluding tert-OH is 1. The molecule has 108 valence electrons. The maximum absolute atomic E-state index is 9.71. The van der Waals surface area contributed by atoms with Gasteiger partial charge in [0, 0.05) is 17.0 Å². The quantitative estimate of drug-likeness (QED) is 0.873. The Balaban J connectivity index is 2.24. The van der Waals surface area contributed by atoms with Crippen LogP contribution in [0.25, 0.3) is 0 Å². The van der Waals surface area contributed by atoms with Gasteiger partial charge in [0.05, 0.1) is 12.6 Å². The molecule has 0 aliphatic carbocycles. The molecule has 2 heterocycles. The van der Waals surface area contributed by atoms with Gasteiger partial charge in [-0.05, 0) is 37.3 Å². The van der Waals surface area contributed by atoms with E-state index in [1.54, 1.807) is 11.3 Å². The van der Waals surface area contributed by atoms with Crippen molar-refractivity contribution in [3.05, 3.63) is 22.4 Å². The lowest BCUT2D eigenvalue weighted by molar-refractivity contribution is 0.0729. The van der Waals surface area contributed by atoms with Gasteiger partial charge in [-0.3, -0.25) is 4.90 Å². The molecule has 1 aromatic heterocycles. The second-order valence-corrected chi connectivity index (χ2v) is 6.44. The number of nitrogens with two attached hydrogens (primary N) is 1. The van der Waals surface area contributed by atoms with Crippen molar-refractivity contribution in [2.45, 2.75) is 57.2 Å². The van der Waals surface area contributed by atoms with Crippen LogP contribution in [0.4, 0.5) is 0 Å². The Hall–Kier alpha value is -0.420. The minimum atomic E-state index is 0.144. The van der Waals surface area contributed by atoms with Crippen LogP contribution in [-0.2, 0) is 0 Å². The maximum Gasteiger partial charge on any atom is 0.0596 e. The van der Waals surface area contributed by atoms with Crippen LogP contribution >= 0.6 is 11.3 Å². The van der Waals surface area contributed by atoms with Crippen molar-refractivity contribution in [1.29, 1.82) is 0 Å². The number of likely N-dealkylation sites (tertiary alicyclic amines) is 1. The van der Waals surface area contributed by atoms with Crippen LogP contribution in [0.1, 0.15) is 49.9 Å². The normalized spacial score (nSPS) is 24.9. The Bertz CT molecular complexity index is 355. The van der Waals surface area contributed by atoms with Gasteiger partial charge >= 0.3 is 0 Å². The molecule has 3 nitrogen and oxygen atoms in total. The summed E-state index contributed by atoms with van der Waals surface area (Å²) in [7, 11) is 0. The summed E-state index contributed by atoms with van der Waals surface area (Å²) in [5.41, 5.74) is 6.39.